The van der Waals surface area contributed by atoms with Gasteiger partial charge in [-0.1, -0.05) is 26.0 Å². The van der Waals surface area contributed by atoms with Gasteiger partial charge in [-0.25, -0.2) is 0 Å². The van der Waals surface area contributed by atoms with E-state index in [9.17, 15) is 9.90 Å². The first-order valence-corrected chi connectivity index (χ1v) is 9.43. The van der Waals surface area contributed by atoms with Crippen LogP contribution in [-0.2, 0) is 4.79 Å². The van der Waals surface area contributed by atoms with Crippen LogP contribution in [0.3, 0.4) is 0 Å². The van der Waals surface area contributed by atoms with Gasteiger partial charge in [-0.05, 0) is 79.6 Å². The topological polar surface area (TPSA) is 37.3 Å². The highest BCUT2D eigenvalue weighted by atomic mass is 16.3. The number of rotatable bonds is 2. The molecule has 0 aromatic rings. The molecule has 0 bridgehead atoms. The van der Waals surface area contributed by atoms with Gasteiger partial charge in [0.1, 0.15) is 0 Å². The monoisotopic (exact) mass is 312 g/mol. The summed E-state index contributed by atoms with van der Waals surface area (Å²) in [5.74, 6) is 1.46. The van der Waals surface area contributed by atoms with Crippen molar-refractivity contribution in [2.75, 3.05) is 0 Å². The first-order chi connectivity index (χ1) is 11.0. The molecule has 0 amide bonds. The van der Waals surface area contributed by atoms with Gasteiger partial charge in [0, 0.05) is 11.8 Å². The van der Waals surface area contributed by atoms with Crippen LogP contribution in [0.15, 0.2) is 34.9 Å². The van der Waals surface area contributed by atoms with Gasteiger partial charge in [0.05, 0.1) is 5.60 Å². The van der Waals surface area contributed by atoms with E-state index in [-0.39, 0.29) is 5.41 Å². The van der Waals surface area contributed by atoms with Gasteiger partial charge in [-0.3, -0.25) is 4.79 Å². The van der Waals surface area contributed by atoms with Crippen LogP contribution in [0, 0.1) is 17.3 Å². The summed E-state index contributed by atoms with van der Waals surface area (Å²) < 4.78 is 0. The maximum Gasteiger partial charge on any atom is 0.156 e. The van der Waals surface area contributed by atoms with Crippen LogP contribution in [-0.4, -0.2) is 16.5 Å². The van der Waals surface area contributed by atoms with E-state index in [1.54, 1.807) is 0 Å². The Kier molecular flexibility index (Phi) is 3.46. The molecule has 124 valence electrons. The summed E-state index contributed by atoms with van der Waals surface area (Å²) >= 11 is 0. The lowest BCUT2D eigenvalue weighted by Crippen LogP contribution is -2.48. The predicted molar refractivity (Wildman–Crippen MR) is 91.9 cm³/mol. The molecule has 0 aromatic heterocycles. The SMILES string of the molecule is CC[C@]1(O)CCC2[C@@H]3CCC4=CC(=O)CCC4=C3C=C[C@]21CC. The lowest BCUT2D eigenvalue weighted by Gasteiger charge is -2.50. The van der Waals surface area contributed by atoms with Gasteiger partial charge in [0.25, 0.3) is 0 Å². The minimum atomic E-state index is -0.530. The molecule has 2 nitrogen and oxygen atoms in total. The Bertz CT molecular complexity index is 638. The molecule has 1 saturated carbocycles. The van der Waals surface area contributed by atoms with Crippen LogP contribution in [0.2, 0.25) is 0 Å². The van der Waals surface area contributed by atoms with Gasteiger partial charge in [-0.15, -0.1) is 0 Å². The normalized spacial score (nSPS) is 42.2. The van der Waals surface area contributed by atoms with E-state index in [4.69, 9.17) is 0 Å². The number of ketones is 1. The summed E-state index contributed by atoms with van der Waals surface area (Å²) in [6.07, 6.45) is 14.3. The fraction of sp³-hybridized carbons (Fsp3) is 0.667. The third-order valence-electron chi connectivity index (χ3n) is 7.43. The van der Waals surface area contributed by atoms with Gasteiger partial charge < -0.3 is 5.11 Å². The third-order valence-corrected chi connectivity index (χ3v) is 7.43. The third kappa shape index (κ3) is 1.94. The maximum atomic E-state index is 11.7. The highest BCUT2D eigenvalue weighted by Gasteiger charge is 2.59. The van der Waals surface area contributed by atoms with E-state index in [0.717, 1.165) is 44.9 Å². The molecule has 0 aliphatic heterocycles. The molecule has 0 aromatic carbocycles. The van der Waals surface area contributed by atoms with Gasteiger partial charge in [-0.2, -0.15) is 0 Å². The van der Waals surface area contributed by atoms with Gasteiger partial charge >= 0.3 is 0 Å². The van der Waals surface area contributed by atoms with Crippen LogP contribution in [0.1, 0.15) is 65.2 Å². The van der Waals surface area contributed by atoms with Crippen LogP contribution in [0.5, 0.6) is 0 Å². The van der Waals surface area contributed by atoms with Crippen LogP contribution >= 0.6 is 0 Å². The summed E-state index contributed by atoms with van der Waals surface area (Å²) in [5.41, 5.74) is 3.67. The number of aliphatic hydroxyl groups is 1. The Hall–Kier alpha value is -1.15. The van der Waals surface area contributed by atoms with E-state index in [2.05, 4.69) is 26.0 Å². The lowest BCUT2D eigenvalue weighted by molar-refractivity contribution is -0.114. The number of carbonyl (C=O) groups excluding carboxylic acids is 1. The zero-order valence-electron chi connectivity index (χ0n) is 14.4. The molecule has 1 fully saturated rings. The second-order valence-electron chi connectivity index (χ2n) is 7.97. The van der Waals surface area contributed by atoms with E-state index in [1.165, 1.54) is 16.7 Å². The number of hydrogen-bond donors (Lipinski definition) is 1. The van der Waals surface area contributed by atoms with Gasteiger partial charge in [0.2, 0.25) is 0 Å². The Morgan fingerprint density at radius 2 is 2.00 bits per heavy atom. The zero-order valence-corrected chi connectivity index (χ0v) is 14.4. The summed E-state index contributed by atoms with van der Waals surface area (Å²) in [5, 5.41) is 11.3. The minimum absolute atomic E-state index is 0.0395. The lowest BCUT2D eigenvalue weighted by atomic mass is 9.56. The minimum Gasteiger partial charge on any atom is -0.389 e. The Morgan fingerprint density at radius 1 is 1.17 bits per heavy atom. The fourth-order valence-electron chi connectivity index (χ4n) is 6.17. The highest BCUT2D eigenvalue weighted by Crippen LogP contribution is 2.63. The first-order valence-electron chi connectivity index (χ1n) is 9.43. The molecular weight excluding hydrogens is 284 g/mol. The van der Waals surface area contributed by atoms with E-state index in [1.807, 2.05) is 6.08 Å². The van der Waals surface area contributed by atoms with E-state index >= 15 is 0 Å². The average Bonchev–Trinajstić information content (AvgIpc) is 2.88. The largest absolute Gasteiger partial charge is 0.389 e. The van der Waals surface area contributed by atoms with Crippen molar-refractivity contribution in [1.29, 1.82) is 0 Å². The molecule has 2 heteroatoms. The van der Waals surface area contributed by atoms with Crippen molar-refractivity contribution in [1.82, 2.24) is 0 Å². The predicted octanol–water partition coefficient (Wildman–Crippen LogP) is 4.50. The molecule has 0 spiro atoms. The van der Waals surface area contributed by atoms with E-state index < -0.39 is 5.60 Å². The molecule has 0 radical (unpaired) electrons. The summed E-state index contributed by atoms with van der Waals surface area (Å²) in [4.78, 5) is 11.7. The summed E-state index contributed by atoms with van der Waals surface area (Å²) in [6.45, 7) is 4.38. The number of fused-ring (bicyclic) bond motifs is 4. The molecule has 4 aliphatic rings. The Balaban J connectivity index is 1.83. The molecule has 0 saturated heterocycles. The van der Waals surface area contributed by atoms with Crippen molar-refractivity contribution in [3.8, 4) is 0 Å². The number of carbonyl (C=O) groups is 1. The molecule has 4 atom stereocenters. The van der Waals surface area contributed by atoms with E-state index in [0.29, 0.717) is 24.0 Å². The second-order valence-corrected chi connectivity index (χ2v) is 7.97. The molecule has 0 heterocycles. The molecule has 1 unspecified atom stereocenters. The van der Waals surface area contributed by atoms with Crippen molar-refractivity contribution in [3.63, 3.8) is 0 Å². The average molecular weight is 312 g/mol. The Morgan fingerprint density at radius 3 is 2.74 bits per heavy atom. The fourth-order valence-corrected chi connectivity index (χ4v) is 6.17. The first kappa shape index (κ1) is 15.4. The zero-order chi connectivity index (χ0) is 16.2. The van der Waals surface area contributed by atoms with Crippen molar-refractivity contribution in [3.05, 3.63) is 34.9 Å². The molecule has 4 aliphatic carbocycles. The molecular formula is C21H28O2. The quantitative estimate of drug-likeness (QED) is 0.815. The molecule has 1 N–H and O–H groups in total. The molecule has 23 heavy (non-hydrogen) atoms. The maximum absolute atomic E-state index is 11.7. The number of allylic oxidation sites excluding steroid dienone is 5. The van der Waals surface area contributed by atoms with Crippen molar-refractivity contribution in [2.45, 2.75) is 70.8 Å². The summed E-state index contributed by atoms with van der Waals surface area (Å²) in [7, 11) is 0. The summed E-state index contributed by atoms with van der Waals surface area (Å²) in [6, 6.07) is 0. The van der Waals surface area contributed by atoms with Crippen molar-refractivity contribution in [2.24, 2.45) is 17.3 Å². The second kappa shape index (κ2) is 5.17. The molecule has 4 rings (SSSR count). The van der Waals surface area contributed by atoms with Crippen molar-refractivity contribution >= 4 is 5.78 Å². The number of hydrogen-bond acceptors (Lipinski definition) is 2. The van der Waals surface area contributed by atoms with Crippen molar-refractivity contribution < 1.29 is 9.90 Å². The van der Waals surface area contributed by atoms with Gasteiger partial charge in [0.15, 0.2) is 5.78 Å². The van der Waals surface area contributed by atoms with Crippen LogP contribution in [0.25, 0.3) is 0 Å². The van der Waals surface area contributed by atoms with Crippen LogP contribution in [0.4, 0.5) is 0 Å². The standard InChI is InChI=1S/C21H28O2/c1-3-20-11-9-17-16-8-6-15(22)13-14(16)5-7-18(17)19(20)10-12-21(20,23)4-2/h9,11,13,18-19,23H,3-8,10,12H2,1-2H3/t18-,19?,20-,21+/m1/s1. The highest BCUT2D eigenvalue weighted by molar-refractivity contribution is 5.93. The smallest absolute Gasteiger partial charge is 0.156 e. The van der Waals surface area contributed by atoms with Crippen LogP contribution < -0.4 is 0 Å². The Labute approximate surface area is 139 Å².